The number of hydrogen-bond donors (Lipinski definition) is 2. The minimum absolute atomic E-state index is 0.0257. The molecule has 0 bridgehead atoms. The van der Waals surface area contributed by atoms with E-state index in [1.807, 2.05) is 25.1 Å². The second kappa shape index (κ2) is 6.28. The van der Waals surface area contributed by atoms with Crippen molar-refractivity contribution in [1.82, 2.24) is 5.32 Å². The smallest absolute Gasteiger partial charge is 0.221 e. The monoisotopic (exact) mass is 220 g/mol. The minimum atomic E-state index is 0.0257. The van der Waals surface area contributed by atoms with Crippen LogP contribution in [0.2, 0.25) is 0 Å². The summed E-state index contributed by atoms with van der Waals surface area (Å²) in [6.07, 6.45) is 0.395. The predicted molar refractivity (Wildman–Crippen MR) is 66.1 cm³/mol. The van der Waals surface area contributed by atoms with Gasteiger partial charge < -0.3 is 11.1 Å². The van der Waals surface area contributed by atoms with Crippen LogP contribution in [-0.2, 0) is 4.79 Å². The fourth-order valence-electron chi connectivity index (χ4n) is 1.63. The zero-order valence-electron chi connectivity index (χ0n) is 9.94. The molecule has 0 heterocycles. The van der Waals surface area contributed by atoms with Crippen LogP contribution in [0.1, 0.15) is 31.7 Å². The zero-order valence-corrected chi connectivity index (χ0v) is 9.94. The van der Waals surface area contributed by atoms with Gasteiger partial charge in [-0.25, -0.2) is 0 Å². The highest BCUT2D eigenvalue weighted by atomic mass is 16.1. The van der Waals surface area contributed by atoms with Crippen molar-refractivity contribution in [3.8, 4) is 0 Å². The van der Waals surface area contributed by atoms with Gasteiger partial charge in [-0.05, 0) is 12.5 Å². The van der Waals surface area contributed by atoms with Crippen LogP contribution < -0.4 is 11.1 Å². The van der Waals surface area contributed by atoms with Gasteiger partial charge >= 0.3 is 0 Å². The number of nitrogens with one attached hydrogen (secondary N) is 1. The lowest BCUT2D eigenvalue weighted by Gasteiger charge is -2.21. The van der Waals surface area contributed by atoms with Crippen LogP contribution in [-0.4, -0.2) is 18.5 Å². The van der Waals surface area contributed by atoms with Gasteiger partial charge in [-0.15, -0.1) is 0 Å². The average Bonchev–Trinajstić information content (AvgIpc) is 2.29. The molecular weight excluding hydrogens is 200 g/mol. The first-order valence-corrected chi connectivity index (χ1v) is 5.69. The molecule has 2 atom stereocenters. The Morgan fingerprint density at radius 2 is 1.94 bits per heavy atom. The lowest BCUT2D eigenvalue weighted by atomic mass is 9.94. The summed E-state index contributed by atoms with van der Waals surface area (Å²) in [5.41, 5.74) is 6.57. The Balaban J connectivity index is 2.54. The van der Waals surface area contributed by atoms with E-state index in [1.54, 1.807) is 0 Å². The van der Waals surface area contributed by atoms with E-state index in [-0.39, 0.29) is 11.9 Å². The Kier molecular flexibility index (Phi) is 4.99. The van der Waals surface area contributed by atoms with Crippen molar-refractivity contribution < 1.29 is 4.79 Å². The fourth-order valence-corrected chi connectivity index (χ4v) is 1.63. The van der Waals surface area contributed by atoms with E-state index < -0.39 is 0 Å². The maximum Gasteiger partial charge on any atom is 0.221 e. The average molecular weight is 220 g/mol. The van der Waals surface area contributed by atoms with Crippen LogP contribution in [0.25, 0.3) is 0 Å². The van der Waals surface area contributed by atoms with Crippen LogP contribution in [0.5, 0.6) is 0 Å². The van der Waals surface area contributed by atoms with E-state index in [0.717, 1.165) is 0 Å². The van der Waals surface area contributed by atoms with Gasteiger partial charge in [0.1, 0.15) is 0 Å². The molecule has 0 spiro atoms. The largest absolute Gasteiger partial charge is 0.353 e. The minimum Gasteiger partial charge on any atom is -0.353 e. The summed E-state index contributed by atoms with van der Waals surface area (Å²) in [5.74, 6) is 0.334. The molecule has 1 amide bonds. The standard InChI is InChI=1S/C13H20N2O/c1-10(12-6-4-3-5-7-12)11(2)15-13(16)8-9-14/h3-7,10-11H,8-9,14H2,1-2H3,(H,15,16). The van der Waals surface area contributed by atoms with E-state index in [4.69, 9.17) is 5.73 Å². The summed E-state index contributed by atoms with van der Waals surface area (Å²) in [6.45, 7) is 4.53. The van der Waals surface area contributed by atoms with Crippen molar-refractivity contribution in [3.05, 3.63) is 35.9 Å². The van der Waals surface area contributed by atoms with Gasteiger partial charge in [0.05, 0.1) is 0 Å². The first kappa shape index (κ1) is 12.7. The van der Waals surface area contributed by atoms with E-state index >= 15 is 0 Å². The summed E-state index contributed by atoms with van der Waals surface area (Å²) in [7, 11) is 0. The highest BCUT2D eigenvalue weighted by molar-refractivity contribution is 5.76. The summed E-state index contributed by atoms with van der Waals surface area (Å²) < 4.78 is 0. The van der Waals surface area contributed by atoms with Crippen molar-refractivity contribution in [1.29, 1.82) is 0 Å². The molecule has 3 nitrogen and oxygen atoms in total. The van der Waals surface area contributed by atoms with Crippen LogP contribution in [0.4, 0.5) is 0 Å². The molecule has 0 saturated heterocycles. The molecule has 0 aliphatic carbocycles. The fraction of sp³-hybridized carbons (Fsp3) is 0.462. The third kappa shape index (κ3) is 3.66. The first-order chi connectivity index (χ1) is 7.65. The number of carbonyl (C=O) groups excluding carboxylic acids is 1. The van der Waals surface area contributed by atoms with Gasteiger partial charge in [0, 0.05) is 24.9 Å². The maximum absolute atomic E-state index is 11.4. The Hall–Kier alpha value is -1.35. The van der Waals surface area contributed by atoms with Crippen molar-refractivity contribution in [3.63, 3.8) is 0 Å². The lowest BCUT2D eigenvalue weighted by Crippen LogP contribution is -2.36. The second-order valence-electron chi connectivity index (χ2n) is 4.09. The molecule has 0 aliphatic heterocycles. The molecule has 3 heteroatoms. The molecule has 0 fully saturated rings. The van der Waals surface area contributed by atoms with Crippen molar-refractivity contribution in [2.45, 2.75) is 32.2 Å². The normalized spacial score (nSPS) is 14.2. The number of rotatable bonds is 5. The van der Waals surface area contributed by atoms with Gasteiger partial charge in [-0.1, -0.05) is 37.3 Å². The number of amides is 1. The topological polar surface area (TPSA) is 55.1 Å². The number of benzene rings is 1. The van der Waals surface area contributed by atoms with E-state index in [9.17, 15) is 4.79 Å². The first-order valence-electron chi connectivity index (χ1n) is 5.69. The second-order valence-corrected chi connectivity index (χ2v) is 4.09. The van der Waals surface area contributed by atoms with Crippen molar-refractivity contribution in [2.24, 2.45) is 5.73 Å². The predicted octanol–water partition coefficient (Wildman–Crippen LogP) is 1.64. The Labute approximate surface area is 97.0 Å². The van der Waals surface area contributed by atoms with Crippen LogP contribution in [0.3, 0.4) is 0 Å². The SMILES string of the molecule is CC(NC(=O)CCN)C(C)c1ccccc1. The van der Waals surface area contributed by atoms with E-state index in [0.29, 0.717) is 18.9 Å². The van der Waals surface area contributed by atoms with Gasteiger partial charge in [0.2, 0.25) is 5.91 Å². The molecular formula is C13H20N2O. The van der Waals surface area contributed by atoms with Crippen LogP contribution in [0.15, 0.2) is 30.3 Å². The van der Waals surface area contributed by atoms with Crippen LogP contribution in [0, 0.1) is 0 Å². The molecule has 1 aromatic rings. The molecule has 0 aromatic heterocycles. The van der Waals surface area contributed by atoms with Gasteiger partial charge in [-0.3, -0.25) is 4.79 Å². The van der Waals surface area contributed by atoms with Crippen LogP contribution >= 0.6 is 0 Å². The van der Waals surface area contributed by atoms with Crippen molar-refractivity contribution in [2.75, 3.05) is 6.54 Å². The number of carbonyl (C=O) groups is 1. The summed E-state index contributed by atoms with van der Waals surface area (Å²) >= 11 is 0. The molecule has 1 aromatic carbocycles. The molecule has 0 saturated carbocycles. The summed E-state index contributed by atoms with van der Waals surface area (Å²) in [5, 5.41) is 2.96. The quantitative estimate of drug-likeness (QED) is 0.792. The molecule has 2 unspecified atom stereocenters. The Morgan fingerprint density at radius 1 is 1.31 bits per heavy atom. The molecule has 1 rings (SSSR count). The third-order valence-electron chi connectivity index (χ3n) is 2.84. The van der Waals surface area contributed by atoms with Gasteiger partial charge in [0.25, 0.3) is 0 Å². The summed E-state index contributed by atoms with van der Waals surface area (Å²) in [6, 6.07) is 10.3. The Morgan fingerprint density at radius 3 is 2.50 bits per heavy atom. The van der Waals surface area contributed by atoms with E-state index in [2.05, 4.69) is 24.4 Å². The number of nitrogens with two attached hydrogens (primary N) is 1. The van der Waals surface area contributed by atoms with E-state index in [1.165, 1.54) is 5.56 Å². The molecule has 3 N–H and O–H groups in total. The highest BCUT2D eigenvalue weighted by Crippen LogP contribution is 2.18. The zero-order chi connectivity index (χ0) is 12.0. The molecule has 0 aliphatic rings. The number of hydrogen-bond acceptors (Lipinski definition) is 2. The van der Waals surface area contributed by atoms with Gasteiger partial charge in [-0.2, -0.15) is 0 Å². The molecule has 16 heavy (non-hydrogen) atoms. The van der Waals surface area contributed by atoms with Crippen molar-refractivity contribution >= 4 is 5.91 Å². The summed E-state index contributed by atoms with van der Waals surface area (Å²) in [4.78, 5) is 11.4. The third-order valence-corrected chi connectivity index (χ3v) is 2.84. The molecule has 0 radical (unpaired) electrons. The molecule has 88 valence electrons. The lowest BCUT2D eigenvalue weighted by molar-refractivity contribution is -0.121. The Bertz CT molecular complexity index is 324. The highest BCUT2D eigenvalue weighted by Gasteiger charge is 2.15. The van der Waals surface area contributed by atoms with Gasteiger partial charge in [0.15, 0.2) is 0 Å². The maximum atomic E-state index is 11.4.